The molecule has 0 radical (unpaired) electrons. The minimum absolute atomic E-state index is 0.0184. The van der Waals surface area contributed by atoms with Crippen LogP contribution in [-0.2, 0) is 16.1 Å². The van der Waals surface area contributed by atoms with E-state index >= 15 is 0 Å². The lowest BCUT2D eigenvalue weighted by molar-refractivity contribution is -0.137. The molecule has 21 heavy (non-hydrogen) atoms. The molecule has 0 spiro atoms. The maximum atomic E-state index is 12.4. The van der Waals surface area contributed by atoms with Gasteiger partial charge in [-0.05, 0) is 36.6 Å². The van der Waals surface area contributed by atoms with Gasteiger partial charge in [-0.3, -0.25) is 14.4 Å². The number of carboxylic acid groups (broad SMARTS) is 1. The fourth-order valence-electron chi connectivity index (χ4n) is 2.43. The van der Waals surface area contributed by atoms with Crippen LogP contribution in [0, 0.1) is 6.92 Å². The summed E-state index contributed by atoms with van der Waals surface area (Å²) in [5.74, 6) is -1.99. The van der Waals surface area contributed by atoms with E-state index in [-0.39, 0.29) is 25.3 Å². The Morgan fingerprint density at radius 3 is 2.71 bits per heavy atom. The van der Waals surface area contributed by atoms with E-state index in [2.05, 4.69) is 15.9 Å². The van der Waals surface area contributed by atoms with Crippen LogP contribution in [0.2, 0.25) is 0 Å². The standard InChI is InChI=1S/C14H15BrN2O4/c1-7-4-9-8(5-10(7)15)6-17(14(9)21)11(13(16)20)2-3-12(18)19/h4-5,11H,2-3,6H2,1H3,(H2,16,20)(H,18,19)/t11-/m0/s1. The molecule has 0 aliphatic carbocycles. The number of fused-ring (bicyclic) bond motifs is 1. The molecule has 1 aromatic rings. The minimum atomic E-state index is -1.02. The molecule has 1 heterocycles. The number of benzene rings is 1. The van der Waals surface area contributed by atoms with Crippen LogP contribution >= 0.6 is 15.9 Å². The molecular weight excluding hydrogens is 340 g/mol. The first-order chi connectivity index (χ1) is 9.81. The number of carboxylic acids is 1. The van der Waals surface area contributed by atoms with Crippen LogP contribution in [0.25, 0.3) is 0 Å². The fourth-order valence-corrected chi connectivity index (χ4v) is 2.82. The summed E-state index contributed by atoms with van der Waals surface area (Å²) < 4.78 is 0.886. The summed E-state index contributed by atoms with van der Waals surface area (Å²) >= 11 is 3.41. The van der Waals surface area contributed by atoms with Crippen molar-refractivity contribution >= 4 is 33.7 Å². The Labute approximate surface area is 130 Å². The molecule has 0 fully saturated rings. The third-order valence-electron chi connectivity index (χ3n) is 3.55. The Bertz CT molecular complexity index is 630. The number of halogens is 1. The zero-order valence-electron chi connectivity index (χ0n) is 11.4. The molecule has 1 aliphatic rings. The van der Waals surface area contributed by atoms with Crippen molar-refractivity contribution in [1.29, 1.82) is 0 Å². The first-order valence-corrected chi connectivity index (χ1v) is 7.21. The number of aliphatic carboxylic acids is 1. The molecule has 0 aromatic heterocycles. The van der Waals surface area contributed by atoms with Crippen molar-refractivity contribution in [3.63, 3.8) is 0 Å². The van der Waals surface area contributed by atoms with Gasteiger partial charge in [-0.15, -0.1) is 0 Å². The van der Waals surface area contributed by atoms with Crippen molar-refractivity contribution in [2.75, 3.05) is 0 Å². The normalized spacial score (nSPS) is 15.0. The summed E-state index contributed by atoms with van der Waals surface area (Å²) in [4.78, 5) is 36.0. The Kier molecular flexibility index (Phi) is 4.32. The van der Waals surface area contributed by atoms with Crippen LogP contribution in [0.15, 0.2) is 16.6 Å². The van der Waals surface area contributed by atoms with Crippen molar-refractivity contribution in [1.82, 2.24) is 4.90 Å². The van der Waals surface area contributed by atoms with Crippen LogP contribution in [-0.4, -0.2) is 33.8 Å². The topological polar surface area (TPSA) is 101 Å². The highest BCUT2D eigenvalue weighted by Crippen LogP contribution is 2.30. The molecular formula is C14H15BrN2O4. The lowest BCUT2D eigenvalue weighted by atomic mass is 10.1. The van der Waals surface area contributed by atoms with Gasteiger partial charge in [-0.25, -0.2) is 0 Å². The molecule has 7 heteroatoms. The highest BCUT2D eigenvalue weighted by atomic mass is 79.9. The average molecular weight is 355 g/mol. The Morgan fingerprint density at radius 2 is 2.14 bits per heavy atom. The molecule has 0 saturated carbocycles. The fraction of sp³-hybridized carbons (Fsp3) is 0.357. The minimum Gasteiger partial charge on any atom is -0.481 e. The van der Waals surface area contributed by atoms with E-state index in [0.29, 0.717) is 5.56 Å². The Hall–Kier alpha value is -1.89. The van der Waals surface area contributed by atoms with Crippen LogP contribution in [0.5, 0.6) is 0 Å². The maximum absolute atomic E-state index is 12.4. The quantitative estimate of drug-likeness (QED) is 0.834. The van der Waals surface area contributed by atoms with Crippen LogP contribution in [0.4, 0.5) is 0 Å². The van der Waals surface area contributed by atoms with E-state index in [9.17, 15) is 14.4 Å². The van der Waals surface area contributed by atoms with Crippen LogP contribution in [0.3, 0.4) is 0 Å². The van der Waals surface area contributed by atoms with Gasteiger partial charge in [-0.2, -0.15) is 0 Å². The van der Waals surface area contributed by atoms with E-state index in [1.807, 2.05) is 13.0 Å². The highest BCUT2D eigenvalue weighted by molar-refractivity contribution is 9.10. The molecule has 1 aliphatic heterocycles. The van der Waals surface area contributed by atoms with Gasteiger partial charge in [0, 0.05) is 23.0 Å². The molecule has 112 valence electrons. The predicted octanol–water partition coefficient (Wildman–Crippen LogP) is 1.43. The van der Waals surface area contributed by atoms with Gasteiger partial charge < -0.3 is 15.7 Å². The Balaban J connectivity index is 2.27. The van der Waals surface area contributed by atoms with E-state index in [1.165, 1.54) is 4.90 Å². The second-order valence-corrected chi connectivity index (χ2v) is 5.90. The highest BCUT2D eigenvalue weighted by Gasteiger charge is 2.35. The molecule has 1 atom stereocenters. The van der Waals surface area contributed by atoms with E-state index in [1.54, 1.807) is 6.07 Å². The van der Waals surface area contributed by atoms with Crippen LogP contribution in [0.1, 0.15) is 34.3 Å². The molecule has 6 nitrogen and oxygen atoms in total. The number of carbonyl (C=O) groups is 3. The molecule has 1 aromatic carbocycles. The van der Waals surface area contributed by atoms with Gasteiger partial charge >= 0.3 is 5.97 Å². The second-order valence-electron chi connectivity index (χ2n) is 5.04. The maximum Gasteiger partial charge on any atom is 0.303 e. The molecule has 2 amide bonds. The average Bonchev–Trinajstić information content (AvgIpc) is 2.67. The van der Waals surface area contributed by atoms with Crippen molar-refractivity contribution in [3.8, 4) is 0 Å². The van der Waals surface area contributed by atoms with Gasteiger partial charge in [0.1, 0.15) is 6.04 Å². The number of aryl methyl sites for hydroxylation is 1. The summed E-state index contributed by atoms with van der Waals surface area (Å²) in [5, 5.41) is 8.74. The van der Waals surface area contributed by atoms with Crippen molar-refractivity contribution in [3.05, 3.63) is 33.3 Å². The second kappa shape index (κ2) is 5.85. The molecule has 2 rings (SSSR count). The lowest BCUT2D eigenvalue weighted by Gasteiger charge is -2.24. The first kappa shape index (κ1) is 15.5. The van der Waals surface area contributed by atoms with Gasteiger partial charge in [-0.1, -0.05) is 15.9 Å². The zero-order chi connectivity index (χ0) is 15.7. The molecule has 3 N–H and O–H groups in total. The predicted molar refractivity (Wildman–Crippen MR) is 78.6 cm³/mol. The van der Waals surface area contributed by atoms with Gasteiger partial charge in [0.2, 0.25) is 5.91 Å². The van der Waals surface area contributed by atoms with E-state index in [0.717, 1.165) is 15.6 Å². The summed E-state index contributed by atoms with van der Waals surface area (Å²) in [6, 6.07) is 2.70. The Morgan fingerprint density at radius 1 is 1.48 bits per heavy atom. The number of primary amides is 1. The molecule has 0 bridgehead atoms. The lowest BCUT2D eigenvalue weighted by Crippen LogP contribution is -2.45. The van der Waals surface area contributed by atoms with Crippen molar-refractivity contribution in [2.45, 2.75) is 32.4 Å². The van der Waals surface area contributed by atoms with Gasteiger partial charge in [0.15, 0.2) is 0 Å². The number of carbonyl (C=O) groups excluding carboxylic acids is 2. The number of rotatable bonds is 5. The van der Waals surface area contributed by atoms with E-state index in [4.69, 9.17) is 10.8 Å². The molecule has 0 unspecified atom stereocenters. The summed E-state index contributed by atoms with van der Waals surface area (Å²) in [7, 11) is 0. The monoisotopic (exact) mass is 354 g/mol. The van der Waals surface area contributed by atoms with Gasteiger partial charge in [0.05, 0.1) is 0 Å². The smallest absolute Gasteiger partial charge is 0.303 e. The van der Waals surface area contributed by atoms with E-state index < -0.39 is 17.9 Å². The third kappa shape index (κ3) is 3.07. The van der Waals surface area contributed by atoms with Gasteiger partial charge in [0.25, 0.3) is 5.91 Å². The SMILES string of the molecule is Cc1cc2c(cc1Br)CN([C@@H](CCC(=O)O)C(N)=O)C2=O. The number of nitrogens with zero attached hydrogens (tertiary/aromatic N) is 1. The summed E-state index contributed by atoms with van der Waals surface area (Å²) in [6.07, 6.45) is -0.193. The third-order valence-corrected chi connectivity index (χ3v) is 4.41. The van der Waals surface area contributed by atoms with Crippen molar-refractivity contribution < 1.29 is 19.5 Å². The largest absolute Gasteiger partial charge is 0.481 e. The first-order valence-electron chi connectivity index (χ1n) is 6.42. The number of nitrogens with two attached hydrogens (primary N) is 1. The number of hydrogen-bond acceptors (Lipinski definition) is 3. The number of amides is 2. The summed E-state index contributed by atoms with van der Waals surface area (Å²) in [5.41, 5.74) is 7.59. The summed E-state index contributed by atoms with van der Waals surface area (Å²) in [6.45, 7) is 2.14. The van der Waals surface area contributed by atoms with Crippen LogP contribution < -0.4 is 5.73 Å². The number of hydrogen-bond donors (Lipinski definition) is 2. The van der Waals surface area contributed by atoms with Crippen molar-refractivity contribution in [2.24, 2.45) is 5.73 Å². The molecule has 0 saturated heterocycles. The zero-order valence-corrected chi connectivity index (χ0v) is 13.0.